The Balaban J connectivity index is 1.77. The molecule has 0 unspecified atom stereocenters. The molecule has 0 atom stereocenters. The fraction of sp³-hybridized carbons (Fsp3) is 0.550. The topological polar surface area (TPSA) is 75.7 Å². The highest BCUT2D eigenvalue weighted by molar-refractivity contribution is 7.92. The minimum Gasteiger partial charge on any atom is -0.478 e. The van der Waals surface area contributed by atoms with Crippen LogP contribution in [0.25, 0.3) is 0 Å². The summed E-state index contributed by atoms with van der Waals surface area (Å²) in [7, 11) is -3.35. The fourth-order valence-corrected chi connectivity index (χ4v) is 3.98. The fourth-order valence-electron chi connectivity index (χ4n) is 3.31. The van der Waals surface area contributed by atoms with Gasteiger partial charge in [0, 0.05) is 30.1 Å². The van der Waals surface area contributed by atoms with E-state index in [2.05, 4.69) is 11.3 Å². The van der Waals surface area contributed by atoms with Gasteiger partial charge in [-0.3, -0.25) is 4.79 Å². The van der Waals surface area contributed by atoms with Crippen LogP contribution in [0.4, 0.5) is 0 Å². The van der Waals surface area contributed by atoms with Gasteiger partial charge in [0.05, 0.1) is 0 Å². The Kier molecular flexibility index (Phi) is 7.92. The molecule has 0 bridgehead atoms. The Morgan fingerprint density at radius 3 is 2.50 bits per heavy atom. The number of halogens is 1. The van der Waals surface area contributed by atoms with E-state index in [1.165, 1.54) is 0 Å². The van der Waals surface area contributed by atoms with Crippen LogP contribution in [-0.4, -0.2) is 44.5 Å². The molecule has 28 heavy (non-hydrogen) atoms. The average Bonchev–Trinajstić information content (AvgIpc) is 2.67. The molecule has 1 aromatic carbocycles. The summed E-state index contributed by atoms with van der Waals surface area (Å²) < 4.78 is 31.0. The first-order valence-electron chi connectivity index (χ1n) is 9.49. The lowest BCUT2D eigenvalue weighted by Gasteiger charge is -2.37. The number of nitrogens with zero attached hydrogens (tertiary/aromatic N) is 1. The highest BCUT2D eigenvalue weighted by Crippen LogP contribution is 2.26. The predicted octanol–water partition coefficient (Wildman–Crippen LogP) is 3.58. The third kappa shape index (κ3) is 6.79. The normalized spacial score (nSPS) is 16.0. The Morgan fingerprint density at radius 2 is 1.93 bits per heavy atom. The second kappa shape index (κ2) is 9.76. The van der Waals surface area contributed by atoms with Gasteiger partial charge in [-0.2, -0.15) is 0 Å². The first kappa shape index (κ1) is 22.7. The minimum absolute atomic E-state index is 0.0281. The van der Waals surface area contributed by atoms with E-state index in [1.54, 1.807) is 38.1 Å². The number of nitrogens with one attached hydrogen (secondary N) is 1. The van der Waals surface area contributed by atoms with Gasteiger partial charge in [-0.15, -0.1) is 0 Å². The summed E-state index contributed by atoms with van der Waals surface area (Å²) in [4.78, 5) is 14.7. The molecular formula is C20H29ClN2O4S. The Hall–Kier alpha value is -1.57. The molecule has 1 saturated heterocycles. The van der Waals surface area contributed by atoms with Gasteiger partial charge in [0.2, 0.25) is 10.0 Å². The monoisotopic (exact) mass is 428 g/mol. The number of amides is 1. The van der Waals surface area contributed by atoms with Gasteiger partial charge in [-0.25, -0.2) is 13.1 Å². The molecule has 0 aliphatic carbocycles. The van der Waals surface area contributed by atoms with E-state index in [0.717, 1.165) is 31.1 Å². The quantitative estimate of drug-likeness (QED) is 0.610. The van der Waals surface area contributed by atoms with Gasteiger partial charge in [0.15, 0.2) is 5.60 Å². The summed E-state index contributed by atoms with van der Waals surface area (Å²) in [6.07, 6.45) is 3.54. The second-order valence-corrected chi connectivity index (χ2v) is 9.70. The van der Waals surface area contributed by atoms with Crippen LogP contribution in [0.15, 0.2) is 36.3 Å². The lowest BCUT2D eigenvalue weighted by atomic mass is 9.91. The van der Waals surface area contributed by atoms with Crippen LogP contribution >= 0.6 is 11.6 Å². The van der Waals surface area contributed by atoms with Crippen molar-refractivity contribution in [3.05, 3.63) is 41.3 Å². The van der Waals surface area contributed by atoms with E-state index < -0.39 is 15.6 Å². The summed E-state index contributed by atoms with van der Waals surface area (Å²) >= 11 is 5.89. The van der Waals surface area contributed by atoms with Crippen LogP contribution in [0.3, 0.4) is 0 Å². The summed E-state index contributed by atoms with van der Waals surface area (Å²) in [6.45, 7) is 8.62. The largest absolute Gasteiger partial charge is 0.478 e. The molecule has 0 radical (unpaired) electrons. The lowest BCUT2D eigenvalue weighted by Crippen LogP contribution is -2.51. The van der Waals surface area contributed by atoms with Crippen LogP contribution in [0.1, 0.15) is 39.5 Å². The third-order valence-electron chi connectivity index (χ3n) is 4.92. The van der Waals surface area contributed by atoms with E-state index in [0.29, 0.717) is 36.3 Å². The molecule has 0 saturated carbocycles. The molecule has 1 aliphatic rings. The molecule has 8 heteroatoms. The maximum Gasteiger partial charge on any atom is 0.266 e. The summed E-state index contributed by atoms with van der Waals surface area (Å²) in [5, 5.41) is 1.54. The predicted molar refractivity (Wildman–Crippen MR) is 112 cm³/mol. The zero-order chi connectivity index (χ0) is 20.8. The minimum atomic E-state index is -3.35. The van der Waals surface area contributed by atoms with Crippen molar-refractivity contribution in [2.45, 2.75) is 45.1 Å². The molecule has 2 rings (SSSR count). The van der Waals surface area contributed by atoms with Crippen molar-refractivity contribution in [3.8, 4) is 5.75 Å². The number of piperidine rings is 1. The number of rotatable bonds is 9. The van der Waals surface area contributed by atoms with E-state index >= 15 is 0 Å². The number of carbonyl (C=O) groups excluding carboxylic acids is 1. The first-order valence-corrected chi connectivity index (χ1v) is 11.4. The highest BCUT2D eigenvalue weighted by atomic mass is 35.5. The van der Waals surface area contributed by atoms with Gasteiger partial charge in [0.1, 0.15) is 5.75 Å². The summed E-state index contributed by atoms with van der Waals surface area (Å²) in [5.74, 6) is 1.08. The molecule has 1 heterocycles. The number of ether oxygens (including phenoxy) is 1. The number of sulfonamides is 1. The molecule has 0 spiro atoms. The zero-order valence-electron chi connectivity index (χ0n) is 16.5. The Morgan fingerprint density at radius 1 is 1.32 bits per heavy atom. The van der Waals surface area contributed by atoms with Crippen molar-refractivity contribution in [2.75, 3.05) is 19.6 Å². The van der Waals surface area contributed by atoms with E-state index in [4.69, 9.17) is 16.3 Å². The van der Waals surface area contributed by atoms with E-state index in [1.807, 2.05) is 4.90 Å². The number of hydrogen-bond acceptors (Lipinski definition) is 4. The number of likely N-dealkylation sites (tertiary alicyclic amines) is 1. The van der Waals surface area contributed by atoms with Crippen LogP contribution in [0.5, 0.6) is 5.75 Å². The number of benzene rings is 1. The molecule has 1 N–H and O–H groups in total. The number of hydrogen-bond donors (Lipinski definition) is 1. The average molecular weight is 429 g/mol. The van der Waals surface area contributed by atoms with E-state index in [-0.39, 0.29) is 5.91 Å². The van der Waals surface area contributed by atoms with Gasteiger partial charge < -0.3 is 9.64 Å². The highest BCUT2D eigenvalue weighted by Gasteiger charge is 2.35. The third-order valence-corrected chi connectivity index (χ3v) is 6.21. The maximum atomic E-state index is 12.9. The molecule has 1 aromatic rings. The second-order valence-electron chi connectivity index (χ2n) is 7.55. The van der Waals surface area contributed by atoms with Crippen LogP contribution in [0, 0.1) is 5.92 Å². The van der Waals surface area contributed by atoms with Gasteiger partial charge >= 0.3 is 0 Å². The van der Waals surface area contributed by atoms with Crippen molar-refractivity contribution in [1.82, 2.24) is 9.62 Å². The van der Waals surface area contributed by atoms with Crippen molar-refractivity contribution >= 4 is 27.5 Å². The van der Waals surface area contributed by atoms with Crippen LogP contribution < -0.4 is 9.46 Å². The molecule has 156 valence electrons. The summed E-state index contributed by atoms with van der Waals surface area (Å²) in [5.41, 5.74) is -0.955. The molecule has 6 nitrogen and oxygen atoms in total. The SMILES string of the molecule is C=CS(=O)(=O)NCCCC1CCN(C(=O)C(C)(C)Oc2ccc(Cl)cc2)CC1. The van der Waals surface area contributed by atoms with Gasteiger partial charge in [0.25, 0.3) is 5.91 Å². The molecular weight excluding hydrogens is 400 g/mol. The standard InChI is InChI=1S/C20H29ClN2O4S/c1-4-28(25,26)22-13-5-6-16-11-14-23(15-12-16)19(24)20(2,3)27-18-9-7-17(21)8-10-18/h4,7-10,16,22H,1,5-6,11-15H2,2-3H3. The van der Waals surface area contributed by atoms with Gasteiger partial charge in [-0.05, 0) is 69.7 Å². The van der Waals surface area contributed by atoms with Crippen LogP contribution in [-0.2, 0) is 14.8 Å². The molecule has 1 aliphatic heterocycles. The van der Waals surface area contributed by atoms with E-state index in [9.17, 15) is 13.2 Å². The molecule has 1 fully saturated rings. The van der Waals surface area contributed by atoms with Crippen molar-refractivity contribution in [2.24, 2.45) is 5.92 Å². The Labute approximate surface area is 172 Å². The van der Waals surface area contributed by atoms with Gasteiger partial charge in [-0.1, -0.05) is 18.2 Å². The first-order chi connectivity index (χ1) is 13.1. The maximum absolute atomic E-state index is 12.9. The van der Waals surface area contributed by atoms with Crippen molar-refractivity contribution in [1.29, 1.82) is 0 Å². The smallest absolute Gasteiger partial charge is 0.266 e. The zero-order valence-corrected chi connectivity index (χ0v) is 18.1. The molecule has 0 aromatic heterocycles. The lowest BCUT2D eigenvalue weighted by molar-refractivity contribution is -0.147. The van der Waals surface area contributed by atoms with Crippen LogP contribution in [0.2, 0.25) is 5.02 Å². The summed E-state index contributed by atoms with van der Waals surface area (Å²) in [6, 6.07) is 6.98. The van der Waals surface area contributed by atoms with Crippen molar-refractivity contribution in [3.63, 3.8) is 0 Å². The Bertz CT molecular complexity index is 770. The number of carbonyl (C=O) groups is 1. The molecule has 1 amide bonds. The van der Waals surface area contributed by atoms with Crippen molar-refractivity contribution < 1.29 is 17.9 Å².